The molecule has 2 heterocycles. The Kier molecular flexibility index (Phi) is 7.54. The predicted molar refractivity (Wildman–Crippen MR) is 128 cm³/mol. The standard InChI is InChI=1S/C22H32N6.HI/c1-3-19-26-20-11-10-18(15-28(20)27-19)25-21(23-4-2)24-16-22(12-13-22)14-17-8-6-5-7-9-17;/h5-9,18H,3-4,10-16H2,1-2H3,(H2,23,24,25);1H. The second-order valence-corrected chi connectivity index (χ2v) is 8.22. The van der Waals surface area contributed by atoms with Crippen molar-refractivity contribution < 1.29 is 0 Å². The molecule has 158 valence electrons. The lowest BCUT2D eigenvalue weighted by Gasteiger charge is -2.25. The smallest absolute Gasteiger partial charge is 0.191 e. The molecule has 1 fully saturated rings. The Bertz CT molecular complexity index is 812. The molecule has 2 aliphatic rings. The lowest BCUT2D eigenvalue weighted by Crippen LogP contribution is -2.47. The monoisotopic (exact) mass is 508 g/mol. The van der Waals surface area contributed by atoms with E-state index in [1.54, 1.807) is 0 Å². The lowest BCUT2D eigenvalue weighted by molar-refractivity contribution is 0.391. The Morgan fingerprint density at radius 1 is 1.24 bits per heavy atom. The first-order valence-corrected chi connectivity index (χ1v) is 10.7. The van der Waals surface area contributed by atoms with Gasteiger partial charge in [-0.3, -0.25) is 4.99 Å². The minimum Gasteiger partial charge on any atom is -0.357 e. The Hall–Kier alpha value is -1.64. The highest BCUT2D eigenvalue weighted by atomic mass is 127. The largest absolute Gasteiger partial charge is 0.357 e. The van der Waals surface area contributed by atoms with Crippen molar-refractivity contribution in [2.45, 2.75) is 65.0 Å². The Morgan fingerprint density at radius 3 is 2.72 bits per heavy atom. The fraction of sp³-hybridized carbons (Fsp3) is 0.591. The zero-order chi connectivity index (χ0) is 19.4. The minimum absolute atomic E-state index is 0. The van der Waals surface area contributed by atoms with Crippen LogP contribution in [0.5, 0.6) is 0 Å². The van der Waals surface area contributed by atoms with Crippen molar-refractivity contribution in [3.8, 4) is 0 Å². The highest BCUT2D eigenvalue weighted by Gasteiger charge is 2.42. The molecule has 4 rings (SSSR count). The number of guanidine groups is 1. The van der Waals surface area contributed by atoms with Gasteiger partial charge >= 0.3 is 0 Å². The van der Waals surface area contributed by atoms with E-state index >= 15 is 0 Å². The third-order valence-corrected chi connectivity index (χ3v) is 5.85. The van der Waals surface area contributed by atoms with E-state index in [1.165, 1.54) is 18.4 Å². The summed E-state index contributed by atoms with van der Waals surface area (Å²) in [5.74, 6) is 3.01. The summed E-state index contributed by atoms with van der Waals surface area (Å²) in [6.07, 6.45) is 6.62. The van der Waals surface area contributed by atoms with Crippen LogP contribution in [0.25, 0.3) is 0 Å². The Balaban J connectivity index is 0.00000240. The third kappa shape index (κ3) is 5.71. The summed E-state index contributed by atoms with van der Waals surface area (Å²) in [6.45, 7) is 6.85. The average Bonchev–Trinajstić information content (AvgIpc) is 3.34. The number of nitrogens with one attached hydrogen (secondary N) is 2. The van der Waals surface area contributed by atoms with E-state index in [4.69, 9.17) is 4.99 Å². The molecule has 1 saturated carbocycles. The van der Waals surface area contributed by atoms with E-state index in [1.807, 2.05) is 0 Å². The number of nitrogens with zero attached hydrogens (tertiary/aromatic N) is 4. The number of halogens is 1. The van der Waals surface area contributed by atoms with Gasteiger partial charge in [-0.05, 0) is 43.6 Å². The van der Waals surface area contributed by atoms with Crippen LogP contribution in [0, 0.1) is 5.41 Å². The van der Waals surface area contributed by atoms with Gasteiger partial charge in [0.05, 0.1) is 6.54 Å². The molecule has 2 N–H and O–H groups in total. The van der Waals surface area contributed by atoms with Crippen molar-refractivity contribution in [1.29, 1.82) is 0 Å². The van der Waals surface area contributed by atoms with Crippen molar-refractivity contribution in [2.24, 2.45) is 10.4 Å². The topological polar surface area (TPSA) is 67.1 Å². The molecule has 1 aliphatic carbocycles. The van der Waals surface area contributed by atoms with Gasteiger partial charge in [-0.25, -0.2) is 9.67 Å². The van der Waals surface area contributed by atoms with Crippen LogP contribution in [0.15, 0.2) is 35.3 Å². The molecule has 1 unspecified atom stereocenters. The van der Waals surface area contributed by atoms with Crippen LogP contribution in [-0.4, -0.2) is 39.9 Å². The van der Waals surface area contributed by atoms with E-state index in [0.717, 1.165) is 62.9 Å². The number of rotatable bonds is 7. The molecule has 0 saturated heterocycles. The number of benzene rings is 1. The number of hydrogen-bond donors (Lipinski definition) is 2. The third-order valence-electron chi connectivity index (χ3n) is 5.85. The van der Waals surface area contributed by atoms with Crippen LogP contribution in [0.4, 0.5) is 0 Å². The van der Waals surface area contributed by atoms with Gasteiger partial charge < -0.3 is 10.6 Å². The van der Waals surface area contributed by atoms with E-state index in [-0.39, 0.29) is 24.0 Å². The normalized spacial score (nSPS) is 19.8. The molecule has 6 nitrogen and oxygen atoms in total. The first-order chi connectivity index (χ1) is 13.7. The molecule has 0 bridgehead atoms. The van der Waals surface area contributed by atoms with Crippen LogP contribution < -0.4 is 10.6 Å². The first-order valence-electron chi connectivity index (χ1n) is 10.7. The molecule has 29 heavy (non-hydrogen) atoms. The van der Waals surface area contributed by atoms with E-state index in [2.05, 4.69) is 69.6 Å². The lowest BCUT2D eigenvalue weighted by atomic mass is 9.97. The molecule has 7 heteroatoms. The Morgan fingerprint density at radius 2 is 2.03 bits per heavy atom. The summed E-state index contributed by atoms with van der Waals surface area (Å²) in [5, 5.41) is 11.7. The molecule has 0 amide bonds. The highest BCUT2D eigenvalue weighted by molar-refractivity contribution is 14.0. The van der Waals surface area contributed by atoms with Crippen molar-refractivity contribution in [3.05, 3.63) is 47.5 Å². The summed E-state index contributed by atoms with van der Waals surface area (Å²) in [7, 11) is 0. The SMILES string of the molecule is CCNC(=NCC1(Cc2ccccc2)CC1)NC1CCc2nc(CC)nn2C1.I. The molecule has 1 aromatic carbocycles. The van der Waals surface area contributed by atoms with Gasteiger partial charge in [-0.2, -0.15) is 5.10 Å². The van der Waals surface area contributed by atoms with Crippen LogP contribution >= 0.6 is 24.0 Å². The number of aliphatic imine (C=N–C) groups is 1. The summed E-state index contributed by atoms with van der Waals surface area (Å²) < 4.78 is 2.07. The molecular formula is C22H33IN6. The molecule has 1 aliphatic heterocycles. The van der Waals surface area contributed by atoms with Gasteiger partial charge in [0, 0.05) is 32.0 Å². The van der Waals surface area contributed by atoms with E-state index < -0.39 is 0 Å². The molecule has 0 spiro atoms. The second-order valence-electron chi connectivity index (χ2n) is 8.22. The van der Waals surface area contributed by atoms with Gasteiger partial charge in [0.25, 0.3) is 0 Å². The van der Waals surface area contributed by atoms with Crippen LogP contribution in [-0.2, 0) is 25.8 Å². The summed E-state index contributed by atoms with van der Waals surface area (Å²) >= 11 is 0. The molecule has 2 aromatic rings. The average molecular weight is 508 g/mol. The second kappa shape index (κ2) is 9.91. The fourth-order valence-electron chi connectivity index (χ4n) is 3.98. The fourth-order valence-corrected chi connectivity index (χ4v) is 3.98. The highest BCUT2D eigenvalue weighted by Crippen LogP contribution is 2.48. The van der Waals surface area contributed by atoms with Crippen molar-refractivity contribution >= 4 is 29.9 Å². The van der Waals surface area contributed by atoms with Crippen LogP contribution in [0.3, 0.4) is 0 Å². The van der Waals surface area contributed by atoms with Gasteiger partial charge in [0.15, 0.2) is 11.8 Å². The number of fused-ring (bicyclic) bond motifs is 1. The van der Waals surface area contributed by atoms with Gasteiger partial charge in [0.2, 0.25) is 0 Å². The van der Waals surface area contributed by atoms with Crippen LogP contribution in [0.2, 0.25) is 0 Å². The summed E-state index contributed by atoms with van der Waals surface area (Å²) in [5.41, 5.74) is 1.77. The predicted octanol–water partition coefficient (Wildman–Crippen LogP) is 3.35. The number of aryl methyl sites for hydroxylation is 2. The van der Waals surface area contributed by atoms with Gasteiger partial charge in [-0.1, -0.05) is 37.3 Å². The van der Waals surface area contributed by atoms with E-state index in [0.29, 0.717) is 11.5 Å². The zero-order valence-electron chi connectivity index (χ0n) is 17.5. The van der Waals surface area contributed by atoms with Crippen LogP contribution in [0.1, 0.15) is 50.3 Å². The van der Waals surface area contributed by atoms with Gasteiger partial charge in [0.1, 0.15) is 5.82 Å². The van der Waals surface area contributed by atoms with Crippen molar-refractivity contribution in [1.82, 2.24) is 25.4 Å². The molecule has 1 aromatic heterocycles. The minimum atomic E-state index is 0. The maximum absolute atomic E-state index is 4.96. The zero-order valence-corrected chi connectivity index (χ0v) is 19.9. The molecule has 0 radical (unpaired) electrons. The quantitative estimate of drug-likeness (QED) is 0.342. The summed E-state index contributed by atoms with van der Waals surface area (Å²) in [4.78, 5) is 9.58. The maximum Gasteiger partial charge on any atom is 0.191 e. The number of aromatic nitrogens is 3. The number of hydrogen-bond acceptors (Lipinski definition) is 3. The van der Waals surface area contributed by atoms with Gasteiger partial charge in [-0.15, -0.1) is 24.0 Å². The van der Waals surface area contributed by atoms with Crippen molar-refractivity contribution in [3.63, 3.8) is 0 Å². The summed E-state index contributed by atoms with van der Waals surface area (Å²) in [6, 6.07) is 11.2. The maximum atomic E-state index is 4.96. The molecule has 1 atom stereocenters. The van der Waals surface area contributed by atoms with Crippen molar-refractivity contribution in [2.75, 3.05) is 13.1 Å². The Labute approximate surface area is 191 Å². The first kappa shape index (κ1) is 22.1. The molecular weight excluding hydrogens is 475 g/mol. The van der Waals surface area contributed by atoms with E-state index in [9.17, 15) is 0 Å².